The Morgan fingerprint density at radius 1 is 1.00 bits per heavy atom. The Kier molecular flexibility index (Phi) is 4.76. The van der Waals surface area contributed by atoms with Gasteiger partial charge in [0.1, 0.15) is 0 Å². The SMILES string of the molecule is OC[C@@H](NCc1ccccc1)c1ccc(Cl)cc1. The lowest BCUT2D eigenvalue weighted by Gasteiger charge is -2.16. The fourth-order valence-corrected chi connectivity index (χ4v) is 1.95. The number of benzene rings is 2. The van der Waals surface area contributed by atoms with Gasteiger partial charge in [0.15, 0.2) is 0 Å². The maximum Gasteiger partial charge on any atom is 0.0626 e. The lowest BCUT2D eigenvalue weighted by atomic mass is 10.1. The molecule has 1 atom stereocenters. The zero-order valence-corrected chi connectivity index (χ0v) is 10.8. The standard InChI is InChI=1S/C15H16ClNO/c16-14-8-6-13(7-9-14)15(11-18)17-10-12-4-2-1-3-5-12/h1-9,15,17-18H,10-11H2/t15-/m1/s1. The van der Waals surface area contributed by atoms with E-state index in [1.54, 1.807) is 0 Å². The van der Waals surface area contributed by atoms with Gasteiger partial charge in [-0.05, 0) is 23.3 Å². The summed E-state index contributed by atoms with van der Waals surface area (Å²) in [4.78, 5) is 0. The van der Waals surface area contributed by atoms with Gasteiger partial charge in [-0.25, -0.2) is 0 Å². The largest absolute Gasteiger partial charge is 0.394 e. The van der Waals surface area contributed by atoms with Gasteiger partial charge in [-0.15, -0.1) is 0 Å². The highest BCUT2D eigenvalue weighted by Crippen LogP contribution is 2.16. The summed E-state index contributed by atoms with van der Waals surface area (Å²) in [5, 5.41) is 13.5. The minimum atomic E-state index is -0.0672. The van der Waals surface area contributed by atoms with Crippen LogP contribution in [0.5, 0.6) is 0 Å². The molecular formula is C15H16ClNO. The first-order valence-corrected chi connectivity index (χ1v) is 6.31. The van der Waals surface area contributed by atoms with Gasteiger partial charge < -0.3 is 10.4 Å². The van der Waals surface area contributed by atoms with E-state index < -0.39 is 0 Å². The van der Waals surface area contributed by atoms with E-state index >= 15 is 0 Å². The average Bonchev–Trinajstić information content (AvgIpc) is 2.42. The number of nitrogens with one attached hydrogen (secondary N) is 1. The second-order valence-electron chi connectivity index (χ2n) is 4.15. The van der Waals surface area contributed by atoms with Crippen molar-refractivity contribution in [1.82, 2.24) is 5.32 Å². The summed E-state index contributed by atoms with van der Waals surface area (Å²) in [6, 6.07) is 17.6. The summed E-state index contributed by atoms with van der Waals surface area (Å²) in [5.74, 6) is 0. The molecule has 0 aliphatic carbocycles. The van der Waals surface area contributed by atoms with E-state index in [1.807, 2.05) is 42.5 Å². The van der Waals surface area contributed by atoms with E-state index in [9.17, 15) is 5.11 Å². The molecular weight excluding hydrogens is 246 g/mol. The molecule has 0 spiro atoms. The highest BCUT2D eigenvalue weighted by molar-refractivity contribution is 6.30. The van der Waals surface area contributed by atoms with Crippen LogP contribution in [0.15, 0.2) is 54.6 Å². The van der Waals surface area contributed by atoms with Gasteiger partial charge in [0, 0.05) is 11.6 Å². The smallest absolute Gasteiger partial charge is 0.0626 e. The first-order valence-electron chi connectivity index (χ1n) is 5.93. The molecule has 3 heteroatoms. The zero-order chi connectivity index (χ0) is 12.8. The van der Waals surface area contributed by atoms with Crippen molar-refractivity contribution in [2.45, 2.75) is 12.6 Å². The summed E-state index contributed by atoms with van der Waals surface area (Å²) < 4.78 is 0. The van der Waals surface area contributed by atoms with Crippen LogP contribution < -0.4 is 5.32 Å². The van der Waals surface area contributed by atoms with Gasteiger partial charge in [-0.3, -0.25) is 0 Å². The van der Waals surface area contributed by atoms with Crippen LogP contribution in [0, 0.1) is 0 Å². The van der Waals surface area contributed by atoms with Crippen molar-refractivity contribution in [2.75, 3.05) is 6.61 Å². The molecule has 0 bridgehead atoms. The maximum atomic E-state index is 9.43. The normalized spacial score (nSPS) is 12.3. The number of hydrogen-bond donors (Lipinski definition) is 2. The molecule has 0 aromatic heterocycles. The molecule has 18 heavy (non-hydrogen) atoms. The van der Waals surface area contributed by atoms with Crippen LogP contribution in [0.2, 0.25) is 5.02 Å². The summed E-state index contributed by atoms with van der Waals surface area (Å²) in [6.07, 6.45) is 0. The monoisotopic (exact) mass is 261 g/mol. The molecule has 2 rings (SSSR count). The molecule has 0 aliphatic heterocycles. The van der Waals surface area contributed by atoms with Crippen molar-refractivity contribution < 1.29 is 5.11 Å². The first-order chi connectivity index (χ1) is 8.79. The maximum absolute atomic E-state index is 9.43. The van der Waals surface area contributed by atoms with Gasteiger partial charge in [-0.1, -0.05) is 54.1 Å². The van der Waals surface area contributed by atoms with E-state index in [-0.39, 0.29) is 12.6 Å². The van der Waals surface area contributed by atoms with Gasteiger partial charge in [0.2, 0.25) is 0 Å². The summed E-state index contributed by atoms with van der Waals surface area (Å²) in [6.45, 7) is 0.795. The number of rotatable bonds is 5. The highest BCUT2D eigenvalue weighted by atomic mass is 35.5. The molecule has 2 aromatic rings. The molecule has 2 N–H and O–H groups in total. The molecule has 0 heterocycles. The Morgan fingerprint density at radius 3 is 2.28 bits per heavy atom. The fraction of sp³-hybridized carbons (Fsp3) is 0.200. The third kappa shape index (κ3) is 3.57. The first kappa shape index (κ1) is 13.1. The zero-order valence-electron chi connectivity index (χ0n) is 10.0. The van der Waals surface area contributed by atoms with E-state index in [1.165, 1.54) is 5.56 Å². The van der Waals surface area contributed by atoms with Crippen LogP contribution in [0.1, 0.15) is 17.2 Å². The molecule has 0 saturated carbocycles. The molecule has 0 fully saturated rings. The number of halogens is 1. The molecule has 0 radical (unpaired) electrons. The Balaban J connectivity index is 1.99. The van der Waals surface area contributed by atoms with Crippen molar-refractivity contribution in [2.24, 2.45) is 0 Å². The van der Waals surface area contributed by atoms with Crippen molar-refractivity contribution >= 4 is 11.6 Å². The Hall–Kier alpha value is -1.35. The molecule has 0 amide bonds. The number of hydrogen-bond acceptors (Lipinski definition) is 2. The van der Waals surface area contributed by atoms with Crippen LogP contribution >= 0.6 is 11.6 Å². The van der Waals surface area contributed by atoms with Crippen molar-refractivity contribution in [1.29, 1.82) is 0 Å². The van der Waals surface area contributed by atoms with Crippen molar-refractivity contribution in [3.8, 4) is 0 Å². The summed E-state index contributed by atoms with van der Waals surface area (Å²) >= 11 is 5.85. The number of aliphatic hydroxyl groups is 1. The van der Waals surface area contributed by atoms with Crippen LogP contribution in [0.3, 0.4) is 0 Å². The molecule has 0 aliphatic rings. The molecule has 2 aromatic carbocycles. The van der Waals surface area contributed by atoms with Crippen LogP contribution in [0.4, 0.5) is 0 Å². The molecule has 2 nitrogen and oxygen atoms in total. The Labute approximate surface area is 112 Å². The van der Waals surface area contributed by atoms with Gasteiger partial charge in [0.05, 0.1) is 12.6 Å². The molecule has 0 unspecified atom stereocenters. The van der Waals surface area contributed by atoms with Crippen molar-refractivity contribution in [3.63, 3.8) is 0 Å². The van der Waals surface area contributed by atoms with E-state index in [0.29, 0.717) is 5.02 Å². The Morgan fingerprint density at radius 2 is 1.67 bits per heavy atom. The van der Waals surface area contributed by atoms with Gasteiger partial charge in [0.25, 0.3) is 0 Å². The summed E-state index contributed by atoms with van der Waals surface area (Å²) in [5.41, 5.74) is 2.24. The van der Waals surface area contributed by atoms with E-state index in [0.717, 1.165) is 12.1 Å². The third-order valence-corrected chi connectivity index (χ3v) is 3.10. The second kappa shape index (κ2) is 6.55. The summed E-state index contributed by atoms with van der Waals surface area (Å²) in [7, 11) is 0. The minimum absolute atomic E-state index is 0.0640. The van der Waals surface area contributed by atoms with Crippen LogP contribution in [0.25, 0.3) is 0 Å². The van der Waals surface area contributed by atoms with Crippen LogP contribution in [-0.4, -0.2) is 11.7 Å². The topological polar surface area (TPSA) is 32.3 Å². The second-order valence-corrected chi connectivity index (χ2v) is 4.59. The number of aliphatic hydroxyl groups excluding tert-OH is 1. The van der Waals surface area contributed by atoms with E-state index in [4.69, 9.17) is 11.6 Å². The average molecular weight is 262 g/mol. The fourth-order valence-electron chi connectivity index (χ4n) is 1.82. The lowest BCUT2D eigenvalue weighted by Crippen LogP contribution is -2.23. The lowest BCUT2D eigenvalue weighted by molar-refractivity contribution is 0.243. The third-order valence-electron chi connectivity index (χ3n) is 2.85. The van der Waals surface area contributed by atoms with Gasteiger partial charge >= 0.3 is 0 Å². The van der Waals surface area contributed by atoms with Gasteiger partial charge in [-0.2, -0.15) is 0 Å². The quantitative estimate of drug-likeness (QED) is 0.867. The highest BCUT2D eigenvalue weighted by Gasteiger charge is 2.09. The van der Waals surface area contributed by atoms with Crippen molar-refractivity contribution in [3.05, 3.63) is 70.7 Å². The van der Waals surface area contributed by atoms with E-state index in [2.05, 4.69) is 17.4 Å². The molecule has 94 valence electrons. The predicted octanol–water partition coefficient (Wildman–Crippen LogP) is 3.16. The van der Waals surface area contributed by atoms with Crippen LogP contribution in [-0.2, 0) is 6.54 Å². The Bertz CT molecular complexity index is 470. The molecule has 0 saturated heterocycles. The minimum Gasteiger partial charge on any atom is -0.394 e. The predicted molar refractivity (Wildman–Crippen MR) is 74.6 cm³/mol.